The van der Waals surface area contributed by atoms with Gasteiger partial charge in [0.1, 0.15) is 11.6 Å². The lowest BCUT2D eigenvalue weighted by Crippen LogP contribution is -2.38. The van der Waals surface area contributed by atoms with Gasteiger partial charge in [-0.15, -0.1) is 0 Å². The van der Waals surface area contributed by atoms with Gasteiger partial charge >= 0.3 is 0 Å². The number of nitrogens with one attached hydrogen (secondary N) is 3. The van der Waals surface area contributed by atoms with Gasteiger partial charge in [-0.05, 0) is 61.6 Å². The molecule has 5 nitrogen and oxygen atoms in total. The van der Waals surface area contributed by atoms with Crippen LogP contribution in [0.5, 0.6) is 0 Å². The van der Waals surface area contributed by atoms with Gasteiger partial charge in [0.2, 0.25) is 0 Å². The highest BCUT2D eigenvalue weighted by Gasteiger charge is 2.02. The summed E-state index contributed by atoms with van der Waals surface area (Å²) < 4.78 is 13.1. The van der Waals surface area contributed by atoms with Crippen molar-refractivity contribution >= 4 is 11.8 Å². The molecule has 0 radical (unpaired) electrons. The van der Waals surface area contributed by atoms with Gasteiger partial charge in [0.15, 0.2) is 5.96 Å². The summed E-state index contributed by atoms with van der Waals surface area (Å²) in [6, 6.07) is 10.8. The largest absolute Gasteiger partial charge is 0.370 e. The molecule has 0 amide bonds. The Bertz CT molecular complexity index is 688. The van der Waals surface area contributed by atoms with E-state index in [9.17, 15) is 4.39 Å². The minimum Gasteiger partial charge on any atom is -0.370 e. The number of nitrogens with zero attached hydrogens (tertiary/aromatic N) is 2. The minimum atomic E-state index is -0.186. The molecule has 0 atom stereocenters. The zero-order valence-corrected chi connectivity index (χ0v) is 15.6. The number of benzene rings is 1. The quantitative estimate of drug-likeness (QED) is 0.367. The lowest BCUT2D eigenvalue weighted by atomic mass is 10.1. The molecule has 0 aliphatic heterocycles. The van der Waals surface area contributed by atoms with Crippen LogP contribution in [0.15, 0.2) is 47.6 Å². The number of rotatable bonds is 9. The second-order valence-electron chi connectivity index (χ2n) is 6.10. The monoisotopic (exact) mass is 357 g/mol. The second kappa shape index (κ2) is 11.1. The Morgan fingerprint density at radius 2 is 1.88 bits per heavy atom. The van der Waals surface area contributed by atoms with Crippen molar-refractivity contribution in [3.8, 4) is 0 Å². The number of guanidine groups is 1. The van der Waals surface area contributed by atoms with E-state index in [0.717, 1.165) is 61.8 Å². The maximum absolute atomic E-state index is 13.1. The highest BCUT2D eigenvalue weighted by Crippen LogP contribution is 2.10. The molecule has 1 aromatic heterocycles. The number of aromatic nitrogens is 1. The fourth-order valence-electron chi connectivity index (χ4n) is 2.62. The number of halogens is 1. The summed E-state index contributed by atoms with van der Waals surface area (Å²) >= 11 is 0. The van der Waals surface area contributed by atoms with E-state index in [0.29, 0.717) is 0 Å². The lowest BCUT2D eigenvalue weighted by Gasteiger charge is -2.13. The molecule has 0 bridgehead atoms. The SMILES string of the molecule is CN=C(NCCCCNc1ccccn1)NCCc1ccc(F)cc1C. The summed E-state index contributed by atoms with van der Waals surface area (Å²) in [5.74, 6) is 1.52. The maximum Gasteiger partial charge on any atom is 0.190 e. The maximum atomic E-state index is 13.1. The van der Waals surface area contributed by atoms with Gasteiger partial charge in [-0.1, -0.05) is 12.1 Å². The second-order valence-corrected chi connectivity index (χ2v) is 6.10. The summed E-state index contributed by atoms with van der Waals surface area (Å²) in [5.41, 5.74) is 2.13. The molecule has 3 N–H and O–H groups in total. The fourth-order valence-corrected chi connectivity index (χ4v) is 2.62. The number of hydrogen-bond acceptors (Lipinski definition) is 3. The third-order valence-electron chi connectivity index (χ3n) is 4.08. The average Bonchev–Trinajstić information content (AvgIpc) is 2.65. The van der Waals surface area contributed by atoms with E-state index in [1.54, 1.807) is 19.3 Å². The number of unbranched alkanes of at least 4 members (excludes halogenated alkanes) is 1. The van der Waals surface area contributed by atoms with Gasteiger partial charge in [-0.3, -0.25) is 4.99 Å². The molecule has 0 saturated heterocycles. The van der Waals surface area contributed by atoms with Crippen LogP contribution in [0.4, 0.5) is 10.2 Å². The molecular weight excluding hydrogens is 329 g/mol. The van der Waals surface area contributed by atoms with Crippen LogP contribution in [-0.2, 0) is 6.42 Å². The predicted molar refractivity (Wildman–Crippen MR) is 106 cm³/mol. The third kappa shape index (κ3) is 7.09. The van der Waals surface area contributed by atoms with E-state index in [4.69, 9.17) is 0 Å². The summed E-state index contributed by atoms with van der Waals surface area (Å²) in [6.07, 6.45) is 4.71. The number of aryl methyl sites for hydroxylation is 1. The molecule has 140 valence electrons. The van der Waals surface area contributed by atoms with E-state index in [-0.39, 0.29) is 5.82 Å². The smallest absolute Gasteiger partial charge is 0.190 e. The first-order valence-corrected chi connectivity index (χ1v) is 9.03. The Hall–Kier alpha value is -2.63. The highest BCUT2D eigenvalue weighted by molar-refractivity contribution is 5.79. The molecule has 0 fully saturated rings. The van der Waals surface area contributed by atoms with Crippen molar-refractivity contribution in [3.05, 3.63) is 59.5 Å². The van der Waals surface area contributed by atoms with Crippen LogP contribution in [0, 0.1) is 12.7 Å². The van der Waals surface area contributed by atoms with Crippen molar-refractivity contribution in [3.63, 3.8) is 0 Å². The fraction of sp³-hybridized carbons (Fsp3) is 0.400. The van der Waals surface area contributed by atoms with E-state index in [2.05, 4.69) is 25.9 Å². The molecule has 0 unspecified atom stereocenters. The lowest BCUT2D eigenvalue weighted by molar-refractivity contribution is 0.625. The van der Waals surface area contributed by atoms with Crippen molar-refractivity contribution < 1.29 is 4.39 Å². The Kier molecular flexibility index (Phi) is 8.39. The van der Waals surface area contributed by atoms with E-state index in [1.165, 1.54) is 6.07 Å². The number of pyridine rings is 1. The van der Waals surface area contributed by atoms with E-state index >= 15 is 0 Å². The van der Waals surface area contributed by atoms with Gasteiger partial charge in [0, 0.05) is 32.9 Å². The van der Waals surface area contributed by atoms with E-state index < -0.39 is 0 Å². The molecule has 26 heavy (non-hydrogen) atoms. The summed E-state index contributed by atoms with van der Waals surface area (Å²) in [6.45, 7) is 4.45. The normalized spacial score (nSPS) is 11.3. The standard InChI is InChI=1S/C20H28FN5/c1-16-15-18(21)9-8-17(16)10-14-26-20(22-2)25-13-6-5-12-24-19-7-3-4-11-23-19/h3-4,7-9,11,15H,5-6,10,12-14H2,1-2H3,(H,23,24)(H2,22,25,26). The van der Waals surface area contributed by atoms with Crippen molar-refractivity contribution in [2.24, 2.45) is 4.99 Å². The molecule has 1 aromatic carbocycles. The Morgan fingerprint density at radius 1 is 1.08 bits per heavy atom. The summed E-state index contributed by atoms with van der Waals surface area (Å²) in [4.78, 5) is 8.46. The first kappa shape index (κ1) is 19.7. The van der Waals surface area contributed by atoms with Crippen LogP contribution in [0.3, 0.4) is 0 Å². The predicted octanol–water partition coefficient (Wildman–Crippen LogP) is 3.13. The molecule has 2 aromatic rings. The molecule has 0 aliphatic carbocycles. The van der Waals surface area contributed by atoms with Crippen LogP contribution >= 0.6 is 0 Å². The molecule has 2 rings (SSSR count). The Morgan fingerprint density at radius 3 is 2.62 bits per heavy atom. The zero-order chi connectivity index (χ0) is 18.6. The van der Waals surface area contributed by atoms with Crippen LogP contribution in [0.2, 0.25) is 0 Å². The van der Waals surface area contributed by atoms with Crippen molar-refractivity contribution in [2.75, 3.05) is 32.0 Å². The minimum absolute atomic E-state index is 0.186. The number of hydrogen-bond donors (Lipinski definition) is 3. The third-order valence-corrected chi connectivity index (χ3v) is 4.08. The van der Waals surface area contributed by atoms with Crippen molar-refractivity contribution in [1.29, 1.82) is 0 Å². The molecule has 1 heterocycles. The van der Waals surface area contributed by atoms with Gasteiger partial charge < -0.3 is 16.0 Å². The van der Waals surface area contributed by atoms with Gasteiger partial charge in [0.25, 0.3) is 0 Å². The molecule has 0 saturated carbocycles. The van der Waals surface area contributed by atoms with Crippen LogP contribution in [0.25, 0.3) is 0 Å². The molecule has 0 aliphatic rings. The Balaban J connectivity index is 1.57. The first-order valence-electron chi connectivity index (χ1n) is 9.03. The average molecular weight is 357 g/mol. The topological polar surface area (TPSA) is 61.3 Å². The van der Waals surface area contributed by atoms with Crippen molar-refractivity contribution in [1.82, 2.24) is 15.6 Å². The highest BCUT2D eigenvalue weighted by atomic mass is 19.1. The summed E-state index contributed by atoms with van der Waals surface area (Å²) in [7, 11) is 1.76. The first-order chi connectivity index (χ1) is 12.7. The molecule has 0 spiro atoms. The van der Waals surface area contributed by atoms with E-state index in [1.807, 2.05) is 31.2 Å². The molecular formula is C20H28FN5. The van der Waals surface area contributed by atoms with Crippen LogP contribution in [0.1, 0.15) is 24.0 Å². The van der Waals surface area contributed by atoms with Crippen LogP contribution < -0.4 is 16.0 Å². The van der Waals surface area contributed by atoms with Crippen molar-refractivity contribution in [2.45, 2.75) is 26.2 Å². The van der Waals surface area contributed by atoms with Gasteiger partial charge in [0.05, 0.1) is 0 Å². The van der Waals surface area contributed by atoms with Gasteiger partial charge in [-0.25, -0.2) is 9.37 Å². The number of anilines is 1. The number of aliphatic imine (C=N–C) groups is 1. The molecule has 6 heteroatoms. The summed E-state index contributed by atoms with van der Waals surface area (Å²) in [5, 5.41) is 9.91. The zero-order valence-electron chi connectivity index (χ0n) is 15.6. The Labute approximate surface area is 155 Å². The van der Waals surface area contributed by atoms with Gasteiger partial charge in [-0.2, -0.15) is 0 Å². The van der Waals surface area contributed by atoms with Crippen LogP contribution in [-0.4, -0.2) is 37.6 Å².